The van der Waals surface area contributed by atoms with Crippen molar-refractivity contribution in [3.63, 3.8) is 0 Å². The van der Waals surface area contributed by atoms with Crippen molar-refractivity contribution < 1.29 is 8.63 Å². The third-order valence-corrected chi connectivity index (χ3v) is 0. The van der Waals surface area contributed by atoms with Gasteiger partial charge in [-0.25, -0.2) is 0 Å². The van der Waals surface area contributed by atoms with Crippen LogP contribution in [0.4, 0.5) is 8.63 Å². The molecule has 0 saturated heterocycles. The molecule has 0 aromatic rings. The second-order valence-electron chi connectivity index (χ2n) is 0.101. The Morgan fingerprint density at radius 2 is 1.00 bits per heavy atom. The number of hydrogen-bond donors (Lipinski definition) is 0. The molecule has 0 saturated carbocycles. The summed E-state index contributed by atoms with van der Waals surface area (Å²) in [6, 6.07) is 0. The molecule has 5 heavy (non-hydrogen) atoms. The number of hydrogen-bond acceptors (Lipinski definition) is 0. The van der Waals surface area contributed by atoms with E-state index in [1.807, 2.05) is 0 Å². The standard InChI is InChI=1S/BF2H.2Na/c2-1-3;;/h1H;;. The molecule has 0 aliphatic rings. The second-order valence-corrected chi connectivity index (χ2v) is 0.101. The van der Waals surface area contributed by atoms with E-state index < -0.39 is 7.83 Å². The van der Waals surface area contributed by atoms with Crippen LogP contribution in [0.1, 0.15) is 0 Å². The summed E-state index contributed by atoms with van der Waals surface area (Å²) < 4.78 is 19.2. The fourth-order valence-electron chi connectivity index (χ4n) is 0. The van der Waals surface area contributed by atoms with Gasteiger partial charge in [0.25, 0.3) is 0 Å². The van der Waals surface area contributed by atoms with Gasteiger partial charge in [-0.05, 0) is 0 Å². The fraction of sp³-hybridized carbons (Fsp3) is 0. The Bertz CT molecular complexity index is 7.61. The Morgan fingerprint density at radius 3 is 1.00 bits per heavy atom. The van der Waals surface area contributed by atoms with Gasteiger partial charge in [-0.2, -0.15) is 0 Å². The van der Waals surface area contributed by atoms with Crippen molar-refractivity contribution in [2.45, 2.75) is 0 Å². The van der Waals surface area contributed by atoms with Gasteiger partial charge in [-0.15, -0.1) is 0 Å². The van der Waals surface area contributed by atoms with Crippen LogP contribution in [-0.4, -0.2) is 66.9 Å². The molecule has 0 bridgehead atoms. The molecule has 0 heterocycles. The molecule has 0 atom stereocenters. The molecular formula is HBF2Na2. The SMILES string of the molecule is FBF.[Na].[Na]. The van der Waals surface area contributed by atoms with E-state index in [0.717, 1.165) is 0 Å². The van der Waals surface area contributed by atoms with E-state index in [0.29, 0.717) is 0 Å². The predicted molar refractivity (Wildman–Crippen MR) is 20.9 cm³/mol. The Hall–Kier alpha value is 1.92. The van der Waals surface area contributed by atoms with Crippen LogP contribution in [0.3, 0.4) is 0 Å². The van der Waals surface area contributed by atoms with E-state index in [1.165, 1.54) is 0 Å². The van der Waals surface area contributed by atoms with E-state index in [-0.39, 0.29) is 59.1 Å². The molecule has 0 aliphatic heterocycles. The number of rotatable bonds is 0. The van der Waals surface area contributed by atoms with E-state index in [1.54, 1.807) is 0 Å². The zero-order valence-corrected chi connectivity index (χ0v) is 7.46. The van der Waals surface area contributed by atoms with Crippen molar-refractivity contribution in [2.24, 2.45) is 0 Å². The Kier molecular flexibility index (Phi) is 53.0. The largest absolute Gasteiger partial charge is 0.521 e. The summed E-state index contributed by atoms with van der Waals surface area (Å²) in [6.07, 6.45) is 0. The molecule has 0 amide bonds. The molecule has 0 aromatic heterocycles. The summed E-state index contributed by atoms with van der Waals surface area (Å²) >= 11 is 0. The Labute approximate surface area is 74.6 Å². The molecule has 0 spiro atoms. The smallest absolute Gasteiger partial charge is 0.291 e. The second kappa shape index (κ2) is 16.8. The Morgan fingerprint density at radius 1 is 1.00 bits per heavy atom. The van der Waals surface area contributed by atoms with Crippen molar-refractivity contribution >= 4 is 66.9 Å². The van der Waals surface area contributed by atoms with Crippen molar-refractivity contribution in [1.29, 1.82) is 0 Å². The van der Waals surface area contributed by atoms with E-state index in [2.05, 4.69) is 0 Å². The van der Waals surface area contributed by atoms with Crippen LogP contribution in [0, 0.1) is 0 Å². The topological polar surface area (TPSA) is 0 Å². The van der Waals surface area contributed by atoms with E-state index in [9.17, 15) is 8.63 Å². The summed E-state index contributed by atoms with van der Waals surface area (Å²) in [5.41, 5.74) is 0. The summed E-state index contributed by atoms with van der Waals surface area (Å²) in [6.45, 7) is 0. The average molecular weight is 95.8 g/mol. The molecular weight excluding hydrogens is 94.8 g/mol. The first-order valence-corrected chi connectivity index (χ1v) is 0.535. The van der Waals surface area contributed by atoms with Gasteiger partial charge in [-0.1, -0.05) is 0 Å². The van der Waals surface area contributed by atoms with Crippen LogP contribution in [0.25, 0.3) is 0 Å². The zero-order valence-electron chi connectivity index (χ0n) is 3.46. The van der Waals surface area contributed by atoms with Gasteiger partial charge in [-0.3, -0.25) is 8.63 Å². The first kappa shape index (κ1) is 15.8. The van der Waals surface area contributed by atoms with Gasteiger partial charge in [0.05, 0.1) is 0 Å². The first-order valence-electron chi connectivity index (χ1n) is 0.535. The van der Waals surface area contributed by atoms with E-state index >= 15 is 0 Å². The van der Waals surface area contributed by atoms with Crippen LogP contribution in [0.2, 0.25) is 0 Å². The molecule has 2 radical (unpaired) electrons. The average Bonchev–Trinajstić information content (AvgIpc) is 0.918. The maximum Gasteiger partial charge on any atom is 0.521 e. The van der Waals surface area contributed by atoms with Gasteiger partial charge in [0, 0.05) is 59.1 Å². The van der Waals surface area contributed by atoms with Crippen molar-refractivity contribution in [3.8, 4) is 0 Å². The van der Waals surface area contributed by atoms with Gasteiger partial charge in [0.2, 0.25) is 0 Å². The monoisotopic (exact) mass is 96.0 g/mol. The van der Waals surface area contributed by atoms with Crippen LogP contribution in [0.5, 0.6) is 0 Å². The van der Waals surface area contributed by atoms with Crippen molar-refractivity contribution in [3.05, 3.63) is 0 Å². The molecule has 0 rings (SSSR count). The third-order valence-electron chi connectivity index (χ3n) is 0. The van der Waals surface area contributed by atoms with Crippen LogP contribution < -0.4 is 0 Å². The molecule has 0 nitrogen and oxygen atoms in total. The molecule has 0 aliphatic carbocycles. The quantitative estimate of drug-likeness (QED) is 0.354. The summed E-state index contributed by atoms with van der Waals surface area (Å²) in [5, 5.41) is 0. The van der Waals surface area contributed by atoms with Gasteiger partial charge < -0.3 is 0 Å². The molecule has 0 N–H and O–H groups in total. The van der Waals surface area contributed by atoms with Crippen LogP contribution in [0.15, 0.2) is 0 Å². The van der Waals surface area contributed by atoms with Gasteiger partial charge >= 0.3 is 7.83 Å². The summed E-state index contributed by atoms with van der Waals surface area (Å²) in [4.78, 5) is 0. The third kappa shape index (κ3) is 24.6. The number of halogens is 2. The summed E-state index contributed by atoms with van der Waals surface area (Å²) in [7, 11) is -1.75. The fourth-order valence-corrected chi connectivity index (χ4v) is 0. The Balaban J connectivity index is -0.0000000200. The van der Waals surface area contributed by atoms with E-state index in [4.69, 9.17) is 0 Å². The normalized spacial score (nSPS) is 2.80. The van der Waals surface area contributed by atoms with Crippen LogP contribution in [-0.2, 0) is 0 Å². The minimum absolute atomic E-state index is 0. The maximum absolute atomic E-state index is 9.62. The van der Waals surface area contributed by atoms with Gasteiger partial charge in [0.1, 0.15) is 0 Å². The minimum Gasteiger partial charge on any atom is -0.291 e. The molecule has 20 valence electrons. The van der Waals surface area contributed by atoms with Crippen LogP contribution >= 0.6 is 0 Å². The van der Waals surface area contributed by atoms with Crippen molar-refractivity contribution in [2.75, 3.05) is 0 Å². The van der Waals surface area contributed by atoms with Crippen molar-refractivity contribution in [1.82, 2.24) is 0 Å². The predicted octanol–water partition coefficient (Wildman–Crippen LogP) is -0.570. The summed E-state index contributed by atoms with van der Waals surface area (Å²) in [5.74, 6) is 0. The molecule has 0 unspecified atom stereocenters. The minimum atomic E-state index is -1.75. The zero-order chi connectivity index (χ0) is 2.71. The molecule has 0 aromatic carbocycles. The van der Waals surface area contributed by atoms with Gasteiger partial charge in [0.15, 0.2) is 0 Å². The first-order chi connectivity index (χ1) is 1.41. The molecule has 0 fully saturated rings. The molecule has 5 heteroatoms. The maximum atomic E-state index is 9.62.